The van der Waals surface area contributed by atoms with Gasteiger partial charge in [-0.2, -0.15) is 0 Å². The number of hydrogen-bond donors (Lipinski definition) is 2. The molecule has 0 aliphatic carbocycles. The van der Waals surface area contributed by atoms with E-state index in [4.69, 9.17) is 16.3 Å². The standard InChI is InChI=1S/C18H18ClFN6O3/c1-10(11-2-3-13(19)14(20)6-11)23-15(27)9-26-18(28)25-5-4-22-17(16(25)24-26)29-12-7-21-8-12/h2-6,10,12,21H,7-9H2,1H3,(H,23,27)/t10-/m0/s1. The monoisotopic (exact) mass is 420 g/mol. The van der Waals surface area contributed by atoms with Crippen LogP contribution in [-0.4, -0.2) is 44.3 Å². The highest BCUT2D eigenvalue weighted by Crippen LogP contribution is 2.20. The van der Waals surface area contributed by atoms with Crippen molar-refractivity contribution in [3.8, 4) is 5.88 Å². The summed E-state index contributed by atoms with van der Waals surface area (Å²) < 4.78 is 21.7. The Kier molecular flexibility index (Phi) is 5.20. The number of carbonyl (C=O) groups is 1. The molecule has 2 N–H and O–H groups in total. The van der Waals surface area contributed by atoms with Gasteiger partial charge in [0.05, 0.1) is 11.1 Å². The van der Waals surface area contributed by atoms with Crippen molar-refractivity contribution >= 4 is 23.2 Å². The van der Waals surface area contributed by atoms with Gasteiger partial charge in [-0.1, -0.05) is 17.7 Å². The highest BCUT2D eigenvalue weighted by atomic mass is 35.5. The minimum absolute atomic E-state index is 0.00726. The average molecular weight is 421 g/mol. The molecule has 1 saturated heterocycles. The fourth-order valence-corrected chi connectivity index (χ4v) is 3.02. The summed E-state index contributed by atoms with van der Waals surface area (Å²) in [5, 5.41) is 9.99. The lowest BCUT2D eigenvalue weighted by Gasteiger charge is -2.26. The summed E-state index contributed by atoms with van der Waals surface area (Å²) in [4.78, 5) is 29.1. The number of fused-ring (bicyclic) bond motifs is 1. The van der Waals surface area contributed by atoms with Crippen LogP contribution in [0.15, 0.2) is 35.4 Å². The second-order valence-corrected chi connectivity index (χ2v) is 7.13. The maximum Gasteiger partial charge on any atom is 0.351 e. The van der Waals surface area contributed by atoms with Crippen molar-refractivity contribution in [2.24, 2.45) is 0 Å². The third-order valence-electron chi connectivity index (χ3n) is 4.61. The van der Waals surface area contributed by atoms with Gasteiger partial charge in [0, 0.05) is 25.5 Å². The van der Waals surface area contributed by atoms with E-state index in [0.29, 0.717) is 18.7 Å². The number of benzene rings is 1. The molecule has 3 heterocycles. The number of halogens is 2. The fraction of sp³-hybridized carbons (Fsp3) is 0.333. The third-order valence-corrected chi connectivity index (χ3v) is 4.91. The Hall–Kier alpha value is -2.98. The molecule has 3 aromatic rings. The molecule has 0 spiro atoms. The van der Waals surface area contributed by atoms with Gasteiger partial charge in [-0.15, -0.1) is 5.10 Å². The van der Waals surface area contributed by atoms with E-state index in [9.17, 15) is 14.0 Å². The van der Waals surface area contributed by atoms with Crippen LogP contribution in [0.2, 0.25) is 5.02 Å². The van der Waals surface area contributed by atoms with E-state index in [-0.39, 0.29) is 29.2 Å². The lowest BCUT2D eigenvalue weighted by molar-refractivity contribution is -0.122. The van der Waals surface area contributed by atoms with Crippen molar-refractivity contribution in [3.63, 3.8) is 0 Å². The first-order valence-corrected chi connectivity index (χ1v) is 9.36. The molecule has 1 atom stereocenters. The number of rotatable bonds is 6. The zero-order valence-electron chi connectivity index (χ0n) is 15.4. The maximum atomic E-state index is 13.6. The van der Waals surface area contributed by atoms with Gasteiger partial charge >= 0.3 is 5.69 Å². The number of hydrogen-bond acceptors (Lipinski definition) is 6. The molecule has 1 amide bonds. The van der Waals surface area contributed by atoms with E-state index in [1.54, 1.807) is 13.0 Å². The van der Waals surface area contributed by atoms with Crippen molar-refractivity contribution in [1.29, 1.82) is 0 Å². The third kappa shape index (κ3) is 3.94. The summed E-state index contributed by atoms with van der Waals surface area (Å²) in [6, 6.07) is 3.83. The predicted molar refractivity (Wildman–Crippen MR) is 103 cm³/mol. The zero-order valence-corrected chi connectivity index (χ0v) is 16.2. The smallest absolute Gasteiger partial charge is 0.351 e. The van der Waals surface area contributed by atoms with Crippen molar-refractivity contribution in [2.45, 2.75) is 25.6 Å². The van der Waals surface area contributed by atoms with Crippen molar-refractivity contribution < 1.29 is 13.9 Å². The van der Waals surface area contributed by atoms with Gasteiger partial charge in [0.2, 0.25) is 11.6 Å². The first-order valence-electron chi connectivity index (χ1n) is 8.98. The lowest BCUT2D eigenvalue weighted by atomic mass is 10.1. The lowest BCUT2D eigenvalue weighted by Crippen LogP contribution is -2.50. The summed E-state index contributed by atoms with van der Waals surface area (Å²) >= 11 is 5.68. The quantitative estimate of drug-likeness (QED) is 0.614. The summed E-state index contributed by atoms with van der Waals surface area (Å²) in [5.41, 5.74) is 0.306. The molecule has 4 rings (SSSR count). The molecule has 0 radical (unpaired) electrons. The summed E-state index contributed by atoms with van der Waals surface area (Å²) in [6.45, 7) is 2.79. The van der Waals surface area contributed by atoms with Gasteiger partial charge in [-0.3, -0.25) is 4.79 Å². The molecule has 0 unspecified atom stereocenters. The fourth-order valence-electron chi connectivity index (χ4n) is 2.90. The zero-order chi connectivity index (χ0) is 20.5. The molecule has 9 nitrogen and oxygen atoms in total. The first-order chi connectivity index (χ1) is 13.9. The van der Waals surface area contributed by atoms with Crippen LogP contribution in [0.4, 0.5) is 4.39 Å². The molecular formula is C18H18ClFN6O3. The van der Waals surface area contributed by atoms with E-state index in [0.717, 1.165) is 4.68 Å². The van der Waals surface area contributed by atoms with Crippen LogP contribution in [0.5, 0.6) is 5.88 Å². The Morgan fingerprint density at radius 1 is 1.48 bits per heavy atom. The number of amides is 1. The summed E-state index contributed by atoms with van der Waals surface area (Å²) in [6.07, 6.45) is 2.88. The normalized spacial score (nSPS) is 15.1. The number of nitrogens with one attached hydrogen (secondary N) is 2. The maximum absolute atomic E-state index is 13.6. The molecule has 2 aromatic heterocycles. The molecular weight excluding hydrogens is 403 g/mol. The minimum atomic E-state index is -0.566. The number of carbonyl (C=O) groups excluding carboxylic acids is 1. The van der Waals surface area contributed by atoms with Gasteiger partial charge in [0.15, 0.2) is 0 Å². The van der Waals surface area contributed by atoms with Crippen LogP contribution in [0, 0.1) is 5.82 Å². The van der Waals surface area contributed by atoms with Crippen LogP contribution in [0.1, 0.15) is 18.5 Å². The van der Waals surface area contributed by atoms with E-state index < -0.39 is 23.5 Å². The molecule has 1 aromatic carbocycles. The SMILES string of the molecule is C[C@H](NC(=O)Cn1nc2c(OC3CNC3)nccn2c1=O)c1ccc(Cl)c(F)c1. The molecule has 11 heteroatoms. The molecule has 0 saturated carbocycles. The largest absolute Gasteiger partial charge is 0.469 e. The Morgan fingerprint density at radius 3 is 2.97 bits per heavy atom. The minimum Gasteiger partial charge on any atom is -0.469 e. The van der Waals surface area contributed by atoms with Gasteiger partial charge in [-0.05, 0) is 24.6 Å². The number of nitrogens with zero attached hydrogens (tertiary/aromatic N) is 4. The van der Waals surface area contributed by atoms with Crippen LogP contribution in [0.25, 0.3) is 5.65 Å². The Bertz CT molecular complexity index is 1130. The van der Waals surface area contributed by atoms with E-state index in [1.807, 2.05) is 0 Å². The van der Waals surface area contributed by atoms with Crippen molar-refractivity contribution in [2.75, 3.05) is 13.1 Å². The second kappa shape index (κ2) is 7.80. The van der Waals surface area contributed by atoms with Gasteiger partial charge in [0.1, 0.15) is 18.5 Å². The Labute approximate surface area is 169 Å². The first kappa shape index (κ1) is 19.3. The van der Waals surface area contributed by atoms with Gasteiger partial charge in [0.25, 0.3) is 5.88 Å². The van der Waals surface area contributed by atoms with Gasteiger partial charge < -0.3 is 15.4 Å². The van der Waals surface area contributed by atoms with Crippen molar-refractivity contribution in [3.05, 3.63) is 57.5 Å². The van der Waals surface area contributed by atoms with Crippen molar-refractivity contribution in [1.82, 2.24) is 29.8 Å². The highest BCUT2D eigenvalue weighted by molar-refractivity contribution is 6.30. The average Bonchev–Trinajstić information content (AvgIpc) is 2.97. The van der Waals surface area contributed by atoms with Gasteiger partial charge in [-0.25, -0.2) is 23.3 Å². The molecule has 29 heavy (non-hydrogen) atoms. The van der Waals surface area contributed by atoms with E-state index >= 15 is 0 Å². The Balaban J connectivity index is 1.50. The predicted octanol–water partition coefficient (Wildman–Crippen LogP) is 0.911. The topological polar surface area (TPSA) is 103 Å². The Morgan fingerprint density at radius 2 is 2.28 bits per heavy atom. The molecule has 1 aliphatic heterocycles. The molecule has 1 fully saturated rings. The van der Waals surface area contributed by atoms with E-state index in [1.165, 1.54) is 28.9 Å². The van der Waals surface area contributed by atoms with Crippen LogP contribution < -0.4 is 21.1 Å². The van der Waals surface area contributed by atoms with E-state index in [2.05, 4.69) is 20.7 Å². The highest BCUT2D eigenvalue weighted by Gasteiger charge is 2.22. The molecule has 1 aliphatic rings. The number of aromatic nitrogens is 4. The summed E-state index contributed by atoms with van der Waals surface area (Å²) in [7, 11) is 0. The van der Waals surface area contributed by atoms with Crippen LogP contribution in [0.3, 0.4) is 0 Å². The number of ether oxygens (including phenoxy) is 1. The second-order valence-electron chi connectivity index (χ2n) is 6.73. The molecule has 0 bridgehead atoms. The van der Waals surface area contributed by atoms with Crippen LogP contribution in [-0.2, 0) is 11.3 Å². The van der Waals surface area contributed by atoms with Crippen LogP contribution >= 0.6 is 11.6 Å². The molecule has 152 valence electrons. The summed E-state index contributed by atoms with van der Waals surface area (Å²) in [5.74, 6) is -0.777.